The van der Waals surface area contributed by atoms with Gasteiger partial charge < -0.3 is 24.8 Å². The van der Waals surface area contributed by atoms with E-state index in [1.807, 2.05) is 122 Å². The van der Waals surface area contributed by atoms with Crippen LogP contribution < -0.4 is 0 Å². The van der Waals surface area contributed by atoms with Gasteiger partial charge in [-0.05, 0) is 35.7 Å². The Kier molecular flexibility index (Phi) is 8.29. The van der Waals surface area contributed by atoms with E-state index < -0.39 is 35.5 Å². The zero-order chi connectivity index (χ0) is 26.5. The van der Waals surface area contributed by atoms with E-state index in [4.69, 9.17) is 9.47 Å². The summed E-state index contributed by atoms with van der Waals surface area (Å²) >= 11 is 1.31. The Morgan fingerprint density at radius 3 is 1.61 bits per heavy atom. The Labute approximate surface area is 227 Å². The van der Waals surface area contributed by atoms with E-state index in [0.29, 0.717) is 0 Å². The van der Waals surface area contributed by atoms with Crippen LogP contribution in [0.5, 0.6) is 0 Å². The van der Waals surface area contributed by atoms with Crippen molar-refractivity contribution in [2.45, 2.75) is 47.3 Å². The van der Waals surface area contributed by atoms with Crippen LogP contribution >= 0.6 is 11.8 Å². The number of aryl methyl sites for hydroxylation is 1. The van der Waals surface area contributed by atoms with Crippen LogP contribution in [0.25, 0.3) is 0 Å². The van der Waals surface area contributed by atoms with Gasteiger partial charge in [0.2, 0.25) is 0 Å². The summed E-state index contributed by atoms with van der Waals surface area (Å²) in [6.45, 7) is 1.99. The molecule has 0 spiro atoms. The molecule has 38 heavy (non-hydrogen) atoms. The van der Waals surface area contributed by atoms with Gasteiger partial charge in [-0.2, -0.15) is 0 Å². The maximum absolute atomic E-state index is 10.9. The summed E-state index contributed by atoms with van der Waals surface area (Å²) in [5.74, 6) is 0. The quantitative estimate of drug-likeness (QED) is 0.282. The van der Waals surface area contributed by atoms with E-state index in [0.717, 1.165) is 27.1 Å². The Balaban J connectivity index is 1.48. The molecule has 2 unspecified atom stereocenters. The van der Waals surface area contributed by atoms with Crippen molar-refractivity contribution >= 4 is 11.8 Å². The summed E-state index contributed by atoms with van der Waals surface area (Å²) in [5.41, 5.74) is 2.13. The summed E-state index contributed by atoms with van der Waals surface area (Å²) in [7, 11) is 0. The second kappa shape index (κ2) is 11.8. The van der Waals surface area contributed by atoms with Crippen molar-refractivity contribution in [2.24, 2.45) is 0 Å². The highest BCUT2D eigenvalue weighted by Gasteiger charge is 2.46. The molecular weight excluding hydrogens is 496 g/mol. The molecule has 0 saturated carbocycles. The Bertz CT molecular complexity index is 1190. The topological polar surface area (TPSA) is 79.2 Å². The third kappa shape index (κ3) is 5.43. The Morgan fingerprint density at radius 2 is 1.13 bits per heavy atom. The molecule has 4 aromatic rings. The number of ether oxygens (including phenoxy) is 2. The molecule has 1 aliphatic heterocycles. The normalized spacial score (nSPS) is 23.7. The van der Waals surface area contributed by atoms with E-state index in [-0.39, 0.29) is 6.61 Å². The number of aliphatic hydroxyl groups is 3. The molecule has 5 rings (SSSR count). The molecule has 196 valence electrons. The van der Waals surface area contributed by atoms with Crippen molar-refractivity contribution in [3.05, 3.63) is 138 Å². The average Bonchev–Trinajstić information content (AvgIpc) is 2.97. The largest absolute Gasteiger partial charge is 0.387 e. The summed E-state index contributed by atoms with van der Waals surface area (Å²) in [6.07, 6.45) is -4.82. The van der Waals surface area contributed by atoms with Gasteiger partial charge in [0.1, 0.15) is 35.5 Å². The van der Waals surface area contributed by atoms with Crippen LogP contribution in [-0.2, 0) is 15.1 Å². The molecule has 0 amide bonds. The van der Waals surface area contributed by atoms with Gasteiger partial charge in [0.15, 0.2) is 0 Å². The molecule has 4 aromatic carbocycles. The first-order valence-electron chi connectivity index (χ1n) is 12.7. The molecule has 3 N–H and O–H groups in total. The van der Waals surface area contributed by atoms with Crippen molar-refractivity contribution in [3.8, 4) is 0 Å². The smallest absolute Gasteiger partial charge is 0.143 e. The van der Waals surface area contributed by atoms with Crippen molar-refractivity contribution in [1.29, 1.82) is 0 Å². The molecule has 5 nitrogen and oxygen atoms in total. The second-order valence-electron chi connectivity index (χ2n) is 9.54. The Morgan fingerprint density at radius 1 is 0.658 bits per heavy atom. The first kappa shape index (κ1) is 26.6. The fourth-order valence-corrected chi connectivity index (χ4v) is 5.94. The van der Waals surface area contributed by atoms with Crippen molar-refractivity contribution in [2.75, 3.05) is 6.61 Å². The third-order valence-electron chi connectivity index (χ3n) is 6.95. The van der Waals surface area contributed by atoms with Crippen LogP contribution in [-0.4, -0.2) is 51.8 Å². The predicted molar refractivity (Wildman–Crippen MR) is 149 cm³/mol. The van der Waals surface area contributed by atoms with Crippen LogP contribution in [0.15, 0.2) is 120 Å². The molecule has 5 atom stereocenters. The van der Waals surface area contributed by atoms with Gasteiger partial charge in [-0.1, -0.05) is 120 Å². The van der Waals surface area contributed by atoms with Gasteiger partial charge >= 0.3 is 0 Å². The fraction of sp³-hybridized carbons (Fsp3) is 0.250. The van der Waals surface area contributed by atoms with Gasteiger partial charge in [-0.15, -0.1) is 0 Å². The fourth-order valence-electron chi connectivity index (χ4n) is 4.88. The zero-order valence-corrected chi connectivity index (χ0v) is 21.9. The minimum atomic E-state index is -1.38. The van der Waals surface area contributed by atoms with Crippen LogP contribution in [0.3, 0.4) is 0 Å². The highest BCUT2D eigenvalue weighted by Crippen LogP contribution is 2.41. The highest BCUT2D eigenvalue weighted by atomic mass is 32.2. The van der Waals surface area contributed by atoms with E-state index in [1.54, 1.807) is 0 Å². The van der Waals surface area contributed by atoms with Gasteiger partial charge in [-0.25, -0.2) is 0 Å². The van der Waals surface area contributed by atoms with E-state index in [9.17, 15) is 15.3 Å². The van der Waals surface area contributed by atoms with Crippen molar-refractivity contribution in [1.82, 2.24) is 0 Å². The van der Waals surface area contributed by atoms with Gasteiger partial charge in [0.25, 0.3) is 0 Å². The molecule has 1 fully saturated rings. The number of hydrogen-bond acceptors (Lipinski definition) is 6. The highest BCUT2D eigenvalue weighted by molar-refractivity contribution is 7.99. The minimum Gasteiger partial charge on any atom is -0.387 e. The maximum Gasteiger partial charge on any atom is 0.143 e. The summed E-state index contributed by atoms with van der Waals surface area (Å²) in [5, 5.41) is 32.4. The monoisotopic (exact) mass is 528 g/mol. The molecule has 1 aliphatic rings. The predicted octanol–water partition coefficient (Wildman–Crippen LogP) is 4.90. The summed E-state index contributed by atoms with van der Waals surface area (Å²) in [6, 6.07) is 37.7. The first-order valence-corrected chi connectivity index (χ1v) is 13.6. The van der Waals surface area contributed by atoms with Crippen LogP contribution in [0.4, 0.5) is 0 Å². The lowest BCUT2D eigenvalue weighted by atomic mass is 9.80. The summed E-state index contributed by atoms with van der Waals surface area (Å²) in [4.78, 5) is 0.898. The average molecular weight is 529 g/mol. The lowest BCUT2D eigenvalue weighted by Gasteiger charge is -2.42. The van der Waals surface area contributed by atoms with Crippen LogP contribution in [0, 0.1) is 6.92 Å². The van der Waals surface area contributed by atoms with Crippen molar-refractivity contribution in [3.63, 3.8) is 0 Å². The second-order valence-corrected chi connectivity index (χ2v) is 10.7. The molecule has 6 heteroatoms. The number of rotatable bonds is 8. The molecule has 0 bridgehead atoms. The molecule has 0 aliphatic carbocycles. The number of aliphatic hydroxyl groups excluding tert-OH is 3. The SMILES string of the molecule is Cc1ccc(S[C@@H]2OC(COC(c3ccccc3)(c3ccccc3)c3ccccc3)[C@H](O)[C@H](O)C2O)cc1. The Hall–Kier alpha value is -2.97. The van der Waals surface area contributed by atoms with E-state index in [1.165, 1.54) is 11.8 Å². The lowest BCUT2D eigenvalue weighted by Crippen LogP contribution is -2.58. The first-order chi connectivity index (χ1) is 18.5. The maximum atomic E-state index is 10.9. The van der Waals surface area contributed by atoms with E-state index >= 15 is 0 Å². The molecule has 0 aromatic heterocycles. The van der Waals surface area contributed by atoms with Gasteiger partial charge in [-0.3, -0.25) is 0 Å². The molecular formula is C32H32O5S. The van der Waals surface area contributed by atoms with Crippen molar-refractivity contribution < 1.29 is 24.8 Å². The van der Waals surface area contributed by atoms with Crippen LogP contribution in [0.1, 0.15) is 22.3 Å². The third-order valence-corrected chi connectivity index (χ3v) is 8.11. The van der Waals surface area contributed by atoms with Crippen LogP contribution in [0.2, 0.25) is 0 Å². The molecule has 1 heterocycles. The standard InChI is InChI=1S/C32H32O5S/c1-22-17-19-26(20-18-22)38-31-30(35)29(34)28(33)27(37-31)21-36-32(23-11-5-2-6-12-23,24-13-7-3-8-14-24)25-15-9-4-10-16-25/h2-20,27-31,33-35H,21H2,1H3/t27?,28-,29-,30?,31-/m0/s1. The lowest BCUT2D eigenvalue weighted by molar-refractivity contribution is -0.216. The number of thioether (sulfide) groups is 1. The number of benzene rings is 4. The van der Waals surface area contributed by atoms with Gasteiger partial charge in [0.05, 0.1) is 6.61 Å². The molecule has 1 saturated heterocycles. The minimum absolute atomic E-state index is 0.0193. The number of hydrogen-bond donors (Lipinski definition) is 3. The van der Waals surface area contributed by atoms with Gasteiger partial charge in [0, 0.05) is 4.90 Å². The molecule has 0 radical (unpaired) electrons. The van der Waals surface area contributed by atoms with E-state index in [2.05, 4.69) is 0 Å². The zero-order valence-electron chi connectivity index (χ0n) is 21.1. The summed E-state index contributed by atoms with van der Waals surface area (Å²) < 4.78 is 13.0.